The van der Waals surface area contributed by atoms with E-state index in [0.717, 1.165) is 17.2 Å². The van der Waals surface area contributed by atoms with E-state index in [2.05, 4.69) is 15.5 Å². The van der Waals surface area contributed by atoms with Gasteiger partial charge in [0, 0.05) is 12.0 Å². The summed E-state index contributed by atoms with van der Waals surface area (Å²) >= 11 is 1.33. The Bertz CT molecular complexity index is 953. The molecule has 0 unspecified atom stereocenters. The predicted molar refractivity (Wildman–Crippen MR) is 114 cm³/mol. The van der Waals surface area contributed by atoms with Crippen LogP contribution in [-0.2, 0) is 6.42 Å². The molecule has 0 aliphatic carbocycles. The molecule has 3 rings (SSSR count). The quantitative estimate of drug-likeness (QED) is 0.490. The second-order valence-corrected chi connectivity index (χ2v) is 7.20. The number of anilines is 1. The fraction of sp³-hybridized carbons (Fsp3) is 0.286. The lowest BCUT2D eigenvalue weighted by atomic mass is 10.1. The summed E-state index contributed by atoms with van der Waals surface area (Å²) in [6.45, 7) is 0.580. The smallest absolute Gasteiger partial charge is 0.257 e. The highest BCUT2D eigenvalue weighted by atomic mass is 32.1. The first-order chi connectivity index (χ1) is 14.6. The second-order valence-electron chi connectivity index (χ2n) is 6.13. The standard InChI is InChI=1S/C21H23N3O5S/c1-26-16-12-14(13-17(27-2)19(16)28-3)20(25)22-21-24-23-18(30-21)10-7-11-29-15-8-5-4-6-9-15/h4-6,8-9,12-13H,7,10-11H2,1-3H3,(H,22,24,25). The average molecular weight is 429 g/mol. The molecule has 9 heteroatoms. The number of rotatable bonds is 10. The third-order valence-corrected chi connectivity index (χ3v) is 5.06. The van der Waals surface area contributed by atoms with Crippen LogP contribution in [0, 0.1) is 0 Å². The zero-order chi connectivity index (χ0) is 21.3. The summed E-state index contributed by atoms with van der Waals surface area (Å²) in [6.07, 6.45) is 1.51. The van der Waals surface area contributed by atoms with Crippen LogP contribution in [0.3, 0.4) is 0 Å². The van der Waals surface area contributed by atoms with Crippen molar-refractivity contribution < 1.29 is 23.7 Å². The van der Waals surface area contributed by atoms with Gasteiger partial charge in [0.15, 0.2) is 11.5 Å². The number of hydrogen-bond donors (Lipinski definition) is 1. The number of ether oxygens (including phenoxy) is 4. The predicted octanol–water partition coefficient (Wildman–Crippen LogP) is 3.83. The largest absolute Gasteiger partial charge is 0.494 e. The molecule has 1 heterocycles. The van der Waals surface area contributed by atoms with Gasteiger partial charge in [0.25, 0.3) is 5.91 Å². The highest BCUT2D eigenvalue weighted by Crippen LogP contribution is 2.38. The number of para-hydroxylation sites is 1. The van der Waals surface area contributed by atoms with Gasteiger partial charge in [-0.1, -0.05) is 29.5 Å². The van der Waals surface area contributed by atoms with Crippen molar-refractivity contribution in [2.75, 3.05) is 33.3 Å². The van der Waals surface area contributed by atoms with Crippen LogP contribution in [0.15, 0.2) is 42.5 Å². The van der Waals surface area contributed by atoms with Crippen LogP contribution >= 0.6 is 11.3 Å². The molecule has 2 aromatic carbocycles. The molecule has 0 fully saturated rings. The minimum atomic E-state index is -0.343. The monoisotopic (exact) mass is 429 g/mol. The third-order valence-electron chi connectivity index (χ3n) is 4.16. The zero-order valence-electron chi connectivity index (χ0n) is 17.0. The number of carbonyl (C=O) groups is 1. The average Bonchev–Trinajstić information content (AvgIpc) is 3.23. The second kappa shape index (κ2) is 10.4. The maximum absolute atomic E-state index is 12.6. The molecule has 1 amide bonds. The van der Waals surface area contributed by atoms with Crippen LogP contribution in [-0.4, -0.2) is 44.0 Å². The van der Waals surface area contributed by atoms with Crippen LogP contribution < -0.4 is 24.3 Å². The highest BCUT2D eigenvalue weighted by molar-refractivity contribution is 7.15. The Balaban J connectivity index is 1.57. The number of benzene rings is 2. The van der Waals surface area contributed by atoms with E-state index >= 15 is 0 Å². The van der Waals surface area contributed by atoms with E-state index in [1.165, 1.54) is 32.7 Å². The van der Waals surface area contributed by atoms with Crippen molar-refractivity contribution in [1.82, 2.24) is 10.2 Å². The van der Waals surface area contributed by atoms with Gasteiger partial charge in [-0.25, -0.2) is 0 Å². The molecule has 158 valence electrons. The van der Waals surface area contributed by atoms with E-state index in [4.69, 9.17) is 18.9 Å². The van der Waals surface area contributed by atoms with Gasteiger partial charge >= 0.3 is 0 Å². The van der Waals surface area contributed by atoms with Gasteiger partial charge in [-0.15, -0.1) is 10.2 Å². The van der Waals surface area contributed by atoms with Crippen LogP contribution in [0.2, 0.25) is 0 Å². The van der Waals surface area contributed by atoms with Gasteiger partial charge < -0.3 is 18.9 Å². The van der Waals surface area contributed by atoms with E-state index in [0.29, 0.717) is 41.0 Å². The summed E-state index contributed by atoms with van der Waals surface area (Å²) in [5, 5.41) is 12.2. The zero-order valence-corrected chi connectivity index (χ0v) is 17.8. The first-order valence-electron chi connectivity index (χ1n) is 9.26. The van der Waals surface area contributed by atoms with Crippen molar-refractivity contribution in [3.63, 3.8) is 0 Å². The van der Waals surface area contributed by atoms with Gasteiger partial charge in [0.1, 0.15) is 10.8 Å². The number of methoxy groups -OCH3 is 3. The molecule has 0 aliphatic heterocycles. The fourth-order valence-corrected chi connectivity index (χ4v) is 3.49. The minimum absolute atomic E-state index is 0.343. The normalized spacial score (nSPS) is 10.4. The molecule has 0 aliphatic rings. The molecule has 0 saturated heterocycles. The summed E-state index contributed by atoms with van der Waals surface area (Å²) in [4.78, 5) is 12.6. The Labute approximate surface area is 178 Å². The van der Waals surface area contributed by atoms with Crippen LogP contribution in [0.5, 0.6) is 23.0 Å². The number of aromatic nitrogens is 2. The first-order valence-corrected chi connectivity index (χ1v) is 10.1. The van der Waals surface area contributed by atoms with Crippen LogP contribution in [0.25, 0.3) is 0 Å². The van der Waals surface area contributed by atoms with Gasteiger partial charge in [0.2, 0.25) is 10.9 Å². The highest BCUT2D eigenvalue weighted by Gasteiger charge is 2.18. The van der Waals surface area contributed by atoms with Gasteiger partial charge in [0.05, 0.1) is 27.9 Å². The SMILES string of the molecule is COc1cc(C(=O)Nc2nnc(CCCOc3ccccc3)s2)cc(OC)c1OC. The number of amides is 1. The van der Waals surface area contributed by atoms with Gasteiger partial charge in [-0.2, -0.15) is 0 Å². The van der Waals surface area contributed by atoms with Crippen molar-refractivity contribution >= 4 is 22.4 Å². The van der Waals surface area contributed by atoms with E-state index in [-0.39, 0.29) is 5.91 Å². The van der Waals surface area contributed by atoms with Crippen LogP contribution in [0.4, 0.5) is 5.13 Å². The van der Waals surface area contributed by atoms with Crippen LogP contribution in [0.1, 0.15) is 21.8 Å². The summed E-state index contributed by atoms with van der Waals surface area (Å²) in [5.74, 6) is 1.72. The molecule has 3 aromatic rings. The summed E-state index contributed by atoms with van der Waals surface area (Å²) < 4.78 is 21.5. The topological polar surface area (TPSA) is 91.8 Å². The Morgan fingerprint density at radius 1 is 1.00 bits per heavy atom. The van der Waals surface area contributed by atoms with Crippen molar-refractivity contribution in [2.24, 2.45) is 0 Å². The van der Waals surface area contributed by atoms with Gasteiger partial charge in [-0.05, 0) is 30.7 Å². The van der Waals surface area contributed by atoms with E-state index in [1.807, 2.05) is 30.3 Å². The molecule has 1 N–H and O–H groups in total. The summed E-state index contributed by atoms with van der Waals surface area (Å²) in [5.41, 5.74) is 0.359. The molecular formula is C21H23N3O5S. The van der Waals surface area contributed by atoms with Gasteiger partial charge in [-0.3, -0.25) is 10.1 Å². The van der Waals surface area contributed by atoms with Crippen molar-refractivity contribution in [1.29, 1.82) is 0 Å². The summed E-state index contributed by atoms with van der Waals surface area (Å²) in [6, 6.07) is 12.8. The third kappa shape index (κ3) is 5.38. The lowest BCUT2D eigenvalue weighted by Gasteiger charge is -2.13. The Hall–Kier alpha value is -3.33. The number of aryl methyl sites for hydroxylation is 1. The minimum Gasteiger partial charge on any atom is -0.494 e. The maximum atomic E-state index is 12.6. The molecule has 0 saturated carbocycles. The Morgan fingerprint density at radius 3 is 2.33 bits per heavy atom. The van der Waals surface area contributed by atoms with Crippen molar-refractivity contribution in [2.45, 2.75) is 12.8 Å². The number of carbonyl (C=O) groups excluding carboxylic acids is 1. The lowest BCUT2D eigenvalue weighted by Crippen LogP contribution is -2.12. The maximum Gasteiger partial charge on any atom is 0.257 e. The fourth-order valence-electron chi connectivity index (χ4n) is 2.72. The Morgan fingerprint density at radius 2 is 1.70 bits per heavy atom. The number of hydrogen-bond acceptors (Lipinski definition) is 8. The lowest BCUT2D eigenvalue weighted by molar-refractivity contribution is 0.102. The van der Waals surface area contributed by atoms with E-state index in [1.54, 1.807) is 12.1 Å². The molecule has 0 bridgehead atoms. The molecule has 30 heavy (non-hydrogen) atoms. The molecule has 0 atom stereocenters. The Kier molecular flexibility index (Phi) is 7.45. The number of nitrogens with one attached hydrogen (secondary N) is 1. The molecule has 0 radical (unpaired) electrons. The van der Waals surface area contributed by atoms with E-state index in [9.17, 15) is 4.79 Å². The summed E-state index contributed by atoms with van der Waals surface area (Å²) in [7, 11) is 4.50. The van der Waals surface area contributed by atoms with Crippen molar-refractivity contribution in [3.8, 4) is 23.0 Å². The van der Waals surface area contributed by atoms with E-state index < -0.39 is 0 Å². The molecule has 8 nitrogen and oxygen atoms in total. The molecule has 1 aromatic heterocycles. The number of nitrogens with zero attached hydrogens (tertiary/aromatic N) is 2. The first kappa shape index (κ1) is 21.4. The van der Waals surface area contributed by atoms with Crippen molar-refractivity contribution in [3.05, 3.63) is 53.0 Å². The molecule has 0 spiro atoms. The molecular weight excluding hydrogens is 406 g/mol.